The van der Waals surface area contributed by atoms with Crippen LogP contribution in [0.4, 0.5) is 0 Å². The molecule has 0 aromatic heterocycles. The number of benzene rings is 2. The molecule has 1 unspecified atom stereocenters. The maximum atomic E-state index is 13.6. The molecule has 1 fully saturated rings. The third-order valence-corrected chi connectivity index (χ3v) is 9.05. The zero-order valence-corrected chi connectivity index (χ0v) is 25.6. The summed E-state index contributed by atoms with van der Waals surface area (Å²) in [5.74, 6) is -0.719. The van der Waals surface area contributed by atoms with Gasteiger partial charge in [-0.2, -0.15) is 4.72 Å². The van der Waals surface area contributed by atoms with Gasteiger partial charge in [-0.3, -0.25) is 19.9 Å². The van der Waals surface area contributed by atoms with Crippen molar-refractivity contribution in [2.45, 2.75) is 56.4 Å². The quantitative estimate of drug-likeness (QED) is 0.111. The van der Waals surface area contributed by atoms with Crippen LogP contribution in [0.25, 0.3) is 0 Å². The van der Waals surface area contributed by atoms with Crippen molar-refractivity contribution < 1.29 is 22.7 Å². The molecule has 0 radical (unpaired) electrons. The highest BCUT2D eigenvalue weighted by molar-refractivity contribution is 7.89. The Balaban J connectivity index is 1.72. The number of nitrogens with two attached hydrogens (primary N) is 1. The number of guanidine groups is 1. The standard InChI is InChI=1S/C30H44N6O5S/c1-4-27(37)41-21-20-35-16-18-36(19-17-35)28(38)26(14-9-15-33-29(31)32)34-42(39,40)25-13-8-12-24(22-25)30(2,3)23-10-6-5-7-11-23/h5-8,10-13,22,26,34H,4,9,14-21H2,1-3H3,(H4,31,32,33). The lowest BCUT2D eigenvalue weighted by Gasteiger charge is -2.36. The van der Waals surface area contributed by atoms with Crippen LogP contribution in [0.2, 0.25) is 0 Å². The number of piperazine rings is 1. The van der Waals surface area contributed by atoms with Gasteiger partial charge in [0.25, 0.3) is 0 Å². The number of ether oxygens (including phenoxy) is 1. The highest BCUT2D eigenvalue weighted by Crippen LogP contribution is 2.32. The molecule has 0 bridgehead atoms. The fraction of sp³-hybridized carbons (Fsp3) is 0.500. The number of hydrogen-bond acceptors (Lipinski definition) is 7. The molecule has 1 aliphatic rings. The molecule has 1 saturated heterocycles. The molecule has 42 heavy (non-hydrogen) atoms. The van der Waals surface area contributed by atoms with Crippen LogP contribution in [0.5, 0.6) is 0 Å². The Morgan fingerprint density at radius 2 is 1.71 bits per heavy atom. The lowest BCUT2D eigenvalue weighted by atomic mass is 9.78. The second-order valence-corrected chi connectivity index (χ2v) is 12.6. The van der Waals surface area contributed by atoms with E-state index < -0.39 is 21.5 Å². The van der Waals surface area contributed by atoms with E-state index >= 15 is 0 Å². The summed E-state index contributed by atoms with van der Waals surface area (Å²) in [6, 6.07) is 15.7. The molecule has 230 valence electrons. The SMILES string of the molecule is CCC(=O)OCCN1CCN(C(=O)C(CCCNC(=N)N)NS(=O)(=O)c2cccc(C(C)(C)c3ccccc3)c2)CC1. The van der Waals surface area contributed by atoms with Gasteiger partial charge in [0.15, 0.2) is 5.96 Å². The molecule has 12 heteroatoms. The van der Waals surface area contributed by atoms with E-state index in [-0.39, 0.29) is 29.2 Å². The summed E-state index contributed by atoms with van der Waals surface area (Å²) in [5.41, 5.74) is 6.84. The van der Waals surface area contributed by atoms with Crippen LogP contribution in [0.1, 0.15) is 51.2 Å². The normalized spacial score (nSPS) is 15.2. The summed E-state index contributed by atoms with van der Waals surface area (Å²) in [4.78, 5) is 28.9. The summed E-state index contributed by atoms with van der Waals surface area (Å²) in [6.07, 6.45) is 1.000. The van der Waals surface area contributed by atoms with Crippen LogP contribution in [0.3, 0.4) is 0 Å². The second-order valence-electron chi connectivity index (χ2n) is 10.9. The molecule has 0 spiro atoms. The first-order valence-corrected chi connectivity index (χ1v) is 15.9. The maximum Gasteiger partial charge on any atom is 0.305 e. The molecular weight excluding hydrogens is 556 g/mol. The Kier molecular flexibility index (Phi) is 11.9. The van der Waals surface area contributed by atoms with Gasteiger partial charge in [0.2, 0.25) is 15.9 Å². The molecular formula is C30H44N6O5S. The lowest BCUT2D eigenvalue weighted by Crippen LogP contribution is -2.55. The summed E-state index contributed by atoms with van der Waals surface area (Å²) in [6.45, 7) is 9.11. The number of nitrogens with one attached hydrogen (secondary N) is 3. The van der Waals surface area contributed by atoms with Gasteiger partial charge in [-0.1, -0.05) is 63.2 Å². The van der Waals surface area contributed by atoms with Crippen molar-refractivity contribution in [1.29, 1.82) is 5.41 Å². The summed E-state index contributed by atoms with van der Waals surface area (Å²) in [7, 11) is -4.04. The Morgan fingerprint density at radius 3 is 2.36 bits per heavy atom. The van der Waals surface area contributed by atoms with Gasteiger partial charge in [-0.25, -0.2) is 8.42 Å². The number of carbonyl (C=O) groups is 2. The van der Waals surface area contributed by atoms with E-state index in [0.29, 0.717) is 58.7 Å². The van der Waals surface area contributed by atoms with Crippen LogP contribution in [-0.2, 0) is 29.8 Å². The van der Waals surface area contributed by atoms with Crippen molar-refractivity contribution in [3.8, 4) is 0 Å². The highest BCUT2D eigenvalue weighted by atomic mass is 32.2. The van der Waals surface area contributed by atoms with Gasteiger partial charge in [0, 0.05) is 51.1 Å². The van der Waals surface area contributed by atoms with Gasteiger partial charge in [0.05, 0.1) is 4.90 Å². The number of sulfonamides is 1. The van der Waals surface area contributed by atoms with Crippen LogP contribution < -0.4 is 15.8 Å². The van der Waals surface area contributed by atoms with E-state index in [4.69, 9.17) is 15.9 Å². The van der Waals surface area contributed by atoms with Crippen molar-refractivity contribution in [2.75, 3.05) is 45.9 Å². The van der Waals surface area contributed by atoms with Crippen molar-refractivity contribution in [3.63, 3.8) is 0 Å². The molecule has 1 amide bonds. The van der Waals surface area contributed by atoms with Crippen molar-refractivity contribution in [2.24, 2.45) is 5.73 Å². The Morgan fingerprint density at radius 1 is 1.05 bits per heavy atom. The van der Waals surface area contributed by atoms with Gasteiger partial charge in [0.1, 0.15) is 12.6 Å². The maximum absolute atomic E-state index is 13.6. The minimum atomic E-state index is -4.04. The van der Waals surface area contributed by atoms with E-state index in [9.17, 15) is 18.0 Å². The van der Waals surface area contributed by atoms with Gasteiger partial charge < -0.3 is 20.7 Å². The number of esters is 1. The lowest BCUT2D eigenvalue weighted by molar-refractivity contribution is -0.143. The van der Waals surface area contributed by atoms with Crippen LogP contribution in [-0.4, -0.2) is 88.0 Å². The summed E-state index contributed by atoms with van der Waals surface area (Å²) >= 11 is 0. The monoisotopic (exact) mass is 600 g/mol. The van der Waals surface area contributed by atoms with E-state index in [0.717, 1.165) is 11.1 Å². The third-order valence-electron chi connectivity index (χ3n) is 7.59. The molecule has 3 rings (SSSR count). The van der Waals surface area contributed by atoms with Gasteiger partial charge >= 0.3 is 5.97 Å². The van der Waals surface area contributed by atoms with Crippen molar-refractivity contribution >= 4 is 27.9 Å². The molecule has 5 N–H and O–H groups in total. The van der Waals surface area contributed by atoms with E-state index in [1.54, 1.807) is 24.0 Å². The fourth-order valence-corrected chi connectivity index (χ4v) is 6.16. The molecule has 1 aliphatic heterocycles. The van der Waals surface area contributed by atoms with Crippen molar-refractivity contribution in [1.82, 2.24) is 19.8 Å². The smallest absolute Gasteiger partial charge is 0.305 e. The largest absolute Gasteiger partial charge is 0.464 e. The zero-order valence-electron chi connectivity index (χ0n) is 24.8. The highest BCUT2D eigenvalue weighted by Gasteiger charge is 2.32. The Hall–Kier alpha value is -3.48. The number of carbonyl (C=O) groups excluding carboxylic acids is 2. The first-order chi connectivity index (χ1) is 19.9. The average molecular weight is 601 g/mol. The predicted molar refractivity (Wildman–Crippen MR) is 163 cm³/mol. The van der Waals surface area contributed by atoms with E-state index in [2.05, 4.69) is 14.9 Å². The molecule has 0 aliphatic carbocycles. The van der Waals surface area contributed by atoms with Crippen molar-refractivity contribution in [3.05, 3.63) is 65.7 Å². The van der Waals surface area contributed by atoms with Crippen LogP contribution in [0.15, 0.2) is 59.5 Å². The topological polar surface area (TPSA) is 158 Å². The van der Waals surface area contributed by atoms with E-state index in [1.165, 1.54) is 6.07 Å². The predicted octanol–water partition coefficient (Wildman–Crippen LogP) is 2.02. The Labute approximate surface area is 249 Å². The average Bonchev–Trinajstić information content (AvgIpc) is 2.99. The van der Waals surface area contributed by atoms with E-state index in [1.807, 2.05) is 50.2 Å². The number of hydrogen-bond donors (Lipinski definition) is 4. The molecule has 1 heterocycles. The first kappa shape index (κ1) is 33.0. The third kappa shape index (κ3) is 9.27. The number of nitrogens with zero attached hydrogens (tertiary/aromatic N) is 2. The number of rotatable bonds is 14. The van der Waals surface area contributed by atoms with Crippen LogP contribution in [0, 0.1) is 5.41 Å². The van der Waals surface area contributed by atoms with Crippen LogP contribution >= 0.6 is 0 Å². The fourth-order valence-electron chi connectivity index (χ4n) is 4.89. The minimum absolute atomic E-state index is 0.0927. The summed E-state index contributed by atoms with van der Waals surface area (Å²) < 4.78 is 35.1. The molecule has 11 nitrogen and oxygen atoms in total. The molecule has 0 saturated carbocycles. The summed E-state index contributed by atoms with van der Waals surface area (Å²) in [5, 5.41) is 10.1. The van der Waals surface area contributed by atoms with Gasteiger partial charge in [-0.15, -0.1) is 0 Å². The minimum Gasteiger partial charge on any atom is -0.464 e. The zero-order chi connectivity index (χ0) is 30.8. The second kappa shape index (κ2) is 15.1. The Bertz CT molecular complexity index is 1310. The molecule has 1 atom stereocenters. The number of amides is 1. The first-order valence-electron chi connectivity index (χ1n) is 14.4. The molecule has 2 aromatic rings. The van der Waals surface area contributed by atoms with Gasteiger partial charge in [-0.05, 0) is 36.1 Å². The molecule has 2 aromatic carbocycles.